The van der Waals surface area contributed by atoms with Crippen LogP contribution in [0.5, 0.6) is 11.5 Å². The van der Waals surface area contributed by atoms with Crippen molar-refractivity contribution in [1.82, 2.24) is 0 Å². The van der Waals surface area contributed by atoms with Gasteiger partial charge in [0.1, 0.15) is 11.5 Å². The Bertz CT molecular complexity index is 479. The molecule has 19 heavy (non-hydrogen) atoms. The molecule has 1 rings (SSSR count). The van der Waals surface area contributed by atoms with Crippen molar-refractivity contribution < 1.29 is 23.8 Å². The third-order valence-electron chi connectivity index (χ3n) is 2.86. The van der Waals surface area contributed by atoms with Crippen LogP contribution in [-0.2, 0) is 9.53 Å². The Hall–Kier alpha value is -2.04. The number of rotatable bonds is 6. The van der Waals surface area contributed by atoms with Crippen molar-refractivity contribution in [3.63, 3.8) is 0 Å². The van der Waals surface area contributed by atoms with E-state index in [0.717, 1.165) is 5.56 Å². The molecule has 0 amide bonds. The first-order valence-corrected chi connectivity index (χ1v) is 5.86. The van der Waals surface area contributed by atoms with Crippen LogP contribution in [0.15, 0.2) is 12.1 Å². The molecule has 5 heteroatoms. The van der Waals surface area contributed by atoms with E-state index in [2.05, 4.69) is 4.74 Å². The van der Waals surface area contributed by atoms with Gasteiger partial charge in [0.25, 0.3) is 0 Å². The fraction of sp³-hybridized carbons (Fsp3) is 0.429. The van der Waals surface area contributed by atoms with Crippen molar-refractivity contribution in [2.45, 2.75) is 19.8 Å². The van der Waals surface area contributed by atoms with E-state index in [1.807, 2.05) is 6.92 Å². The van der Waals surface area contributed by atoms with Crippen molar-refractivity contribution in [3.05, 3.63) is 23.3 Å². The van der Waals surface area contributed by atoms with E-state index in [1.54, 1.807) is 19.2 Å². The third-order valence-corrected chi connectivity index (χ3v) is 2.86. The Labute approximate surface area is 112 Å². The van der Waals surface area contributed by atoms with E-state index in [-0.39, 0.29) is 18.6 Å². The Morgan fingerprint density at radius 3 is 2.26 bits per heavy atom. The summed E-state index contributed by atoms with van der Waals surface area (Å²) in [4.78, 5) is 23.1. The van der Waals surface area contributed by atoms with E-state index in [4.69, 9.17) is 9.47 Å². The molecule has 0 N–H and O–H groups in total. The van der Waals surface area contributed by atoms with Crippen molar-refractivity contribution in [2.75, 3.05) is 21.3 Å². The zero-order valence-corrected chi connectivity index (χ0v) is 11.6. The molecule has 0 saturated carbocycles. The number of hydrogen-bond donors (Lipinski definition) is 0. The summed E-state index contributed by atoms with van der Waals surface area (Å²) in [7, 11) is 4.35. The molecule has 0 aliphatic rings. The van der Waals surface area contributed by atoms with Crippen LogP contribution in [0, 0.1) is 6.92 Å². The molecule has 1 aromatic carbocycles. The van der Waals surface area contributed by atoms with Crippen LogP contribution >= 0.6 is 0 Å². The van der Waals surface area contributed by atoms with Gasteiger partial charge in [0, 0.05) is 12.0 Å². The molecule has 0 atom stereocenters. The molecule has 0 fully saturated rings. The Morgan fingerprint density at radius 2 is 1.74 bits per heavy atom. The number of carbonyl (C=O) groups excluding carboxylic acids is 2. The summed E-state index contributed by atoms with van der Waals surface area (Å²) in [6.07, 6.45) is 0.151. The third kappa shape index (κ3) is 3.47. The van der Waals surface area contributed by atoms with Gasteiger partial charge in [-0.1, -0.05) is 0 Å². The standard InChI is InChI=1S/C14H18O5/c1-9-12(17-2)7-5-10(14(9)19-4)11(15)6-8-13(16)18-3/h5,7H,6,8H2,1-4H3. The minimum absolute atomic E-state index is 0.0591. The first-order valence-electron chi connectivity index (χ1n) is 5.86. The molecular weight excluding hydrogens is 248 g/mol. The summed E-state index contributed by atoms with van der Waals surface area (Å²) < 4.78 is 14.9. The molecule has 0 saturated heterocycles. The molecule has 104 valence electrons. The average Bonchev–Trinajstić information content (AvgIpc) is 2.43. The second kappa shape index (κ2) is 6.78. The van der Waals surface area contributed by atoms with Crippen LogP contribution in [0.3, 0.4) is 0 Å². The summed E-state index contributed by atoms with van der Waals surface area (Å²) in [5, 5.41) is 0. The number of ether oxygens (including phenoxy) is 3. The number of methoxy groups -OCH3 is 3. The molecule has 0 bridgehead atoms. The van der Waals surface area contributed by atoms with Gasteiger partial charge in [-0.3, -0.25) is 9.59 Å². The molecule has 0 aliphatic carbocycles. The van der Waals surface area contributed by atoms with Crippen LogP contribution in [0.4, 0.5) is 0 Å². The van der Waals surface area contributed by atoms with E-state index < -0.39 is 5.97 Å². The normalized spacial score (nSPS) is 9.89. The lowest BCUT2D eigenvalue weighted by Crippen LogP contribution is -2.08. The molecule has 0 radical (unpaired) electrons. The highest BCUT2D eigenvalue weighted by Gasteiger charge is 2.18. The maximum absolute atomic E-state index is 12.1. The summed E-state index contributed by atoms with van der Waals surface area (Å²) in [6, 6.07) is 3.35. The molecule has 0 unspecified atom stereocenters. The van der Waals surface area contributed by atoms with E-state index in [0.29, 0.717) is 17.1 Å². The maximum Gasteiger partial charge on any atom is 0.305 e. The Morgan fingerprint density at radius 1 is 1.05 bits per heavy atom. The fourth-order valence-electron chi connectivity index (χ4n) is 1.83. The smallest absolute Gasteiger partial charge is 0.305 e. The number of esters is 1. The van der Waals surface area contributed by atoms with E-state index in [9.17, 15) is 9.59 Å². The molecule has 0 aromatic heterocycles. The minimum atomic E-state index is -0.405. The Balaban J connectivity index is 2.97. The summed E-state index contributed by atoms with van der Waals surface area (Å²) in [6.45, 7) is 1.81. The first kappa shape index (κ1) is 15.0. The largest absolute Gasteiger partial charge is 0.496 e. The lowest BCUT2D eigenvalue weighted by Gasteiger charge is -2.13. The SMILES string of the molecule is COC(=O)CCC(=O)c1ccc(OC)c(C)c1OC. The van der Waals surface area contributed by atoms with Crippen LogP contribution in [-0.4, -0.2) is 33.1 Å². The number of benzene rings is 1. The van der Waals surface area contributed by atoms with Gasteiger partial charge in [0.05, 0.1) is 33.3 Å². The van der Waals surface area contributed by atoms with Gasteiger partial charge in [0.15, 0.2) is 5.78 Å². The van der Waals surface area contributed by atoms with Gasteiger partial charge >= 0.3 is 5.97 Å². The van der Waals surface area contributed by atoms with Gasteiger partial charge < -0.3 is 14.2 Å². The van der Waals surface area contributed by atoms with Gasteiger partial charge in [-0.25, -0.2) is 0 Å². The second-order valence-electron chi connectivity index (χ2n) is 3.97. The van der Waals surface area contributed by atoms with E-state index in [1.165, 1.54) is 14.2 Å². The summed E-state index contributed by atoms with van der Waals surface area (Å²) in [5.41, 5.74) is 1.21. The Kier molecular flexibility index (Phi) is 5.36. The predicted octanol–water partition coefficient (Wildman–Crippen LogP) is 2.15. The summed E-state index contributed by atoms with van der Waals surface area (Å²) >= 11 is 0. The monoisotopic (exact) mass is 266 g/mol. The van der Waals surface area contributed by atoms with Crippen molar-refractivity contribution >= 4 is 11.8 Å². The zero-order chi connectivity index (χ0) is 14.4. The minimum Gasteiger partial charge on any atom is -0.496 e. The fourth-order valence-corrected chi connectivity index (χ4v) is 1.83. The molecule has 0 spiro atoms. The average molecular weight is 266 g/mol. The van der Waals surface area contributed by atoms with Crippen LogP contribution in [0.2, 0.25) is 0 Å². The highest BCUT2D eigenvalue weighted by molar-refractivity contribution is 6.00. The molecular formula is C14H18O5. The molecule has 0 heterocycles. The number of hydrogen-bond acceptors (Lipinski definition) is 5. The highest BCUT2D eigenvalue weighted by Crippen LogP contribution is 2.32. The summed E-state index contributed by atoms with van der Waals surface area (Å²) in [5.74, 6) is 0.570. The van der Waals surface area contributed by atoms with Gasteiger partial charge in [-0.2, -0.15) is 0 Å². The van der Waals surface area contributed by atoms with Crippen molar-refractivity contribution in [3.8, 4) is 11.5 Å². The lowest BCUT2D eigenvalue weighted by atomic mass is 10.0. The van der Waals surface area contributed by atoms with Gasteiger partial charge in [0.2, 0.25) is 0 Å². The van der Waals surface area contributed by atoms with Crippen LogP contribution in [0.1, 0.15) is 28.8 Å². The van der Waals surface area contributed by atoms with Gasteiger partial charge in [-0.05, 0) is 19.1 Å². The molecule has 0 aliphatic heterocycles. The van der Waals surface area contributed by atoms with Crippen molar-refractivity contribution in [2.24, 2.45) is 0 Å². The topological polar surface area (TPSA) is 61.8 Å². The van der Waals surface area contributed by atoms with E-state index >= 15 is 0 Å². The quantitative estimate of drug-likeness (QED) is 0.583. The maximum atomic E-state index is 12.1. The number of ketones is 1. The highest BCUT2D eigenvalue weighted by atomic mass is 16.5. The first-order chi connectivity index (χ1) is 9.04. The lowest BCUT2D eigenvalue weighted by molar-refractivity contribution is -0.140. The second-order valence-corrected chi connectivity index (χ2v) is 3.97. The van der Waals surface area contributed by atoms with Crippen molar-refractivity contribution in [1.29, 1.82) is 0 Å². The van der Waals surface area contributed by atoms with Crippen LogP contribution < -0.4 is 9.47 Å². The predicted molar refractivity (Wildman–Crippen MR) is 69.9 cm³/mol. The molecule has 1 aromatic rings. The zero-order valence-electron chi connectivity index (χ0n) is 11.6. The number of Topliss-reactive ketones (excluding diaryl/α,β-unsaturated/α-hetero) is 1. The molecule has 5 nitrogen and oxygen atoms in total. The number of carbonyl (C=O) groups is 2. The van der Waals surface area contributed by atoms with Crippen LogP contribution in [0.25, 0.3) is 0 Å². The van der Waals surface area contributed by atoms with Gasteiger partial charge in [-0.15, -0.1) is 0 Å².